The SMILES string of the molecule is CCCN(CC(=O)N(CCc1c[nH]c2ccccc12)Cc1ccc(Cl)c(Cl)c1)C(=O)c1ccc(F)cc1. The Hall–Kier alpha value is -3.35. The van der Waals surface area contributed by atoms with Crippen LogP contribution >= 0.6 is 23.2 Å². The highest BCUT2D eigenvalue weighted by Crippen LogP contribution is 2.24. The van der Waals surface area contributed by atoms with E-state index in [-0.39, 0.29) is 18.4 Å². The third-order valence-corrected chi connectivity index (χ3v) is 6.97. The molecule has 4 aromatic rings. The van der Waals surface area contributed by atoms with E-state index in [1.165, 1.54) is 29.2 Å². The normalized spacial score (nSPS) is 11.0. The van der Waals surface area contributed by atoms with Crippen molar-refractivity contribution in [2.45, 2.75) is 26.3 Å². The third-order valence-electron chi connectivity index (χ3n) is 6.23. The lowest BCUT2D eigenvalue weighted by Crippen LogP contribution is -2.43. The van der Waals surface area contributed by atoms with Crippen LogP contribution in [0.15, 0.2) is 72.9 Å². The Bertz CT molecular complexity index is 1390. The van der Waals surface area contributed by atoms with Gasteiger partial charge in [-0.05, 0) is 66.4 Å². The number of carbonyl (C=O) groups is 2. The predicted molar refractivity (Wildman–Crippen MR) is 146 cm³/mol. The van der Waals surface area contributed by atoms with Crippen molar-refractivity contribution in [3.8, 4) is 0 Å². The van der Waals surface area contributed by atoms with Crippen LogP contribution in [0.2, 0.25) is 10.0 Å². The van der Waals surface area contributed by atoms with E-state index in [4.69, 9.17) is 23.2 Å². The number of fused-ring (bicyclic) bond motifs is 1. The first-order chi connectivity index (χ1) is 17.9. The molecule has 4 rings (SSSR count). The Kier molecular flexibility index (Phi) is 8.85. The van der Waals surface area contributed by atoms with Crippen LogP contribution in [0.5, 0.6) is 0 Å². The number of nitrogens with one attached hydrogen (secondary N) is 1. The zero-order chi connectivity index (χ0) is 26.4. The van der Waals surface area contributed by atoms with Crippen molar-refractivity contribution in [3.63, 3.8) is 0 Å². The highest BCUT2D eigenvalue weighted by molar-refractivity contribution is 6.42. The summed E-state index contributed by atoms with van der Waals surface area (Å²) < 4.78 is 13.4. The molecule has 0 bridgehead atoms. The van der Waals surface area contributed by atoms with Crippen LogP contribution in [-0.4, -0.2) is 46.2 Å². The number of halogens is 3. The van der Waals surface area contributed by atoms with Crippen LogP contribution in [-0.2, 0) is 17.8 Å². The number of nitrogens with zero attached hydrogens (tertiary/aromatic N) is 2. The quantitative estimate of drug-likeness (QED) is 0.242. The third kappa shape index (κ3) is 6.70. The molecular formula is C29H28Cl2FN3O2. The first-order valence-corrected chi connectivity index (χ1v) is 12.9. The molecule has 0 spiro atoms. The van der Waals surface area contributed by atoms with Crippen LogP contribution in [0.25, 0.3) is 10.9 Å². The molecular weight excluding hydrogens is 512 g/mol. The first kappa shape index (κ1) is 26.7. The van der Waals surface area contributed by atoms with Gasteiger partial charge in [0.05, 0.1) is 10.0 Å². The summed E-state index contributed by atoms with van der Waals surface area (Å²) >= 11 is 12.3. The second-order valence-corrected chi connectivity index (χ2v) is 9.72. The molecule has 3 aromatic carbocycles. The summed E-state index contributed by atoms with van der Waals surface area (Å²) in [5.74, 6) is -0.907. The van der Waals surface area contributed by atoms with Crippen LogP contribution < -0.4 is 0 Å². The number of para-hydroxylation sites is 1. The molecule has 192 valence electrons. The zero-order valence-corrected chi connectivity index (χ0v) is 22.0. The second kappa shape index (κ2) is 12.3. The summed E-state index contributed by atoms with van der Waals surface area (Å²) in [5, 5.41) is 1.98. The van der Waals surface area contributed by atoms with Crippen LogP contribution in [0, 0.1) is 5.82 Å². The average Bonchev–Trinajstić information content (AvgIpc) is 3.31. The molecule has 0 atom stereocenters. The number of aromatic amines is 1. The van der Waals surface area contributed by atoms with Gasteiger partial charge in [-0.2, -0.15) is 0 Å². The number of carbonyl (C=O) groups excluding carboxylic acids is 2. The monoisotopic (exact) mass is 539 g/mol. The Labute approximate surface area is 225 Å². The van der Waals surface area contributed by atoms with E-state index in [2.05, 4.69) is 11.1 Å². The molecule has 0 aliphatic rings. The van der Waals surface area contributed by atoms with Gasteiger partial charge in [0.25, 0.3) is 5.91 Å². The van der Waals surface area contributed by atoms with Gasteiger partial charge in [0, 0.05) is 42.3 Å². The fraction of sp³-hybridized carbons (Fsp3) is 0.241. The molecule has 0 aliphatic heterocycles. The van der Waals surface area contributed by atoms with Gasteiger partial charge in [0.15, 0.2) is 0 Å². The van der Waals surface area contributed by atoms with E-state index < -0.39 is 5.82 Å². The molecule has 8 heteroatoms. The van der Waals surface area contributed by atoms with Gasteiger partial charge in [0.2, 0.25) is 5.91 Å². The summed E-state index contributed by atoms with van der Waals surface area (Å²) in [5.41, 5.74) is 3.33. The van der Waals surface area contributed by atoms with E-state index >= 15 is 0 Å². The second-order valence-electron chi connectivity index (χ2n) is 8.91. The lowest BCUT2D eigenvalue weighted by atomic mass is 10.1. The maximum atomic E-state index is 13.6. The van der Waals surface area contributed by atoms with Gasteiger partial charge in [-0.1, -0.05) is 54.4 Å². The van der Waals surface area contributed by atoms with Crippen LogP contribution in [0.4, 0.5) is 4.39 Å². The van der Waals surface area contributed by atoms with Gasteiger partial charge >= 0.3 is 0 Å². The van der Waals surface area contributed by atoms with Gasteiger partial charge in [0.1, 0.15) is 12.4 Å². The minimum absolute atomic E-state index is 0.0841. The summed E-state index contributed by atoms with van der Waals surface area (Å²) in [6.45, 7) is 3.04. The molecule has 2 amide bonds. The number of aromatic nitrogens is 1. The van der Waals surface area contributed by atoms with Gasteiger partial charge < -0.3 is 14.8 Å². The van der Waals surface area contributed by atoms with Crippen molar-refractivity contribution in [2.24, 2.45) is 0 Å². The van der Waals surface area contributed by atoms with Crippen molar-refractivity contribution in [1.29, 1.82) is 0 Å². The summed E-state index contributed by atoms with van der Waals surface area (Å²) in [6, 6.07) is 18.7. The molecule has 1 N–H and O–H groups in total. The number of rotatable bonds is 10. The molecule has 0 unspecified atom stereocenters. The fourth-order valence-corrected chi connectivity index (χ4v) is 4.63. The standard InChI is InChI=1S/C29H28Cl2FN3O2/c1-2-14-35(29(37)21-8-10-23(32)11-9-21)19-28(36)34(18-20-7-12-25(30)26(31)16-20)15-13-22-17-33-27-6-4-3-5-24(22)27/h3-12,16-17,33H,2,13-15,18-19H2,1H3. The number of benzene rings is 3. The lowest BCUT2D eigenvalue weighted by molar-refractivity contribution is -0.132. The van der Waals surface area contributed by atoms with Gasteiger partial charge in [-0.3, -0.25) is 9.59 Å². The van der Waals surface area contributed by atoms with Crippen molar-refractivity contribution in [1.82, 2.24) is 14.8 Å². The van der Waals surface area contributed by atoms with Gasteiger partial charge in [-0.15, -0.1) is 0 Å². The van der Waals surface area contributed by atoms with Crippen molar-refractivity contribution < 1.29 is 14.0 Å². The van der Waals surface area contributed by atoms with E-state index in [1.807, 2.05) is 37.4 Å². The Balaban J connectivity index is 1.55. The van der Waals surface area contributed by atoms with Crippen molar-refractivity contribution in [2.75, 3.05) is 19.6 Å². The summed E-state index contributed by atoms with van der Waals surface area (Å²) in [6.07, 6.45) is 3.28. The maximum Gasteiger partial charge on any atom is 0.254 e. The van der Waals surface area contributed by atoms with E-state index in [1.54, 1.807) is 17.0 Å². The van der Waals surface area contributed by atoms with Crippen LogP contribution in [0.3, 0.4) is 0 Å². The maximum absolute atomic E-state index is 13.6. The number of hydrogen-bond acceptors (Lipinski definition) is 2. The van der Waals surface area contributed by atoms with E-state index in [0.29, 0.717) is 48.1 Å². The molecule has 1 heterocycles. The Morgan fingerprint density at radius 2 is 1.68 bits per heavy atom. The largest absolute Gasteiger partial charge is 0.361 e. The molecule has 0 radical (unpaired) electrons. The highest BCUT2D eigenvalue weighted by atomic mass is 35.5. The van der Waals surface area contributed by atoms with Crippen LogP contribution in [0.1, 0.15) is 34.8 Å². The van der Waals surface area contributed by atoms with Gasteiger partial charge in [-0.25, -0.2) is 4.39 Å². The molecule has 37 heavy (non-hydrogen) atoms. The topological polar surface area (TPSA) is 56.4 Å². The smallest absolute Gasteiger partial charge is 0.254 e. The molecule has 0 saturated heterocycles. The molecule has 1 aromatic heterocycles. The summed E-state index contributed by atoms with van der Waals surface area (Å²) in [7, 11) is 0. The summed E-state index contributed by atoms with van der Waals surface area (Å²) in [4.78, 5) is 33.3. The molecule has 5 nitrogen and oxygen atoms in total. The average molecular weight is 540 g/mol. The molecule has 0 saturated carbocycles. The Morgan fingerprint density at radius 3 is 2.41 bits per heavy atom. The number of hydrogen-bond donors (Lipinski definition) is 1. The minimum Gasteiger partial charge on any atom is -0.361 e. The Morgan fingerprint density at radius 1 is 0.919 bits per heavy atom. The van der Waals surface area contributed by atoms with Crippen molar-refractivity contribution in [3.05, 3.63) is 105 Å². The fourth-order valence-electron chi connectivity index (χ4n) is 4.30. The molecule has 0 aliphatic carbocycles. The predicted octanol–water partition coefficient (Wildman–Crippen LogP) is 6.74. The minimum atomic E-state index is -0.417. The first-order valence-electron chi connectivity index (χ1n) is 12.2. The van der Waals surface area contributed by atoms with E-state index in [9.17, 15) is 14.0 Å². The van der Waals surface area contributed by atoms with Crippen molar-refractivity contribution >= 4 is 45.9 Å². The number of H-pyrrole nitrogens is 1. The lowest BCUT2D eigenvalue weighted by Gasteiger charge is -2.28. The number of amides is 2. The zero-order valence-electron chi connectivity index (χ0n) is 20.5. The molecule has 0 fully saturated rings. The van der Waals surface area contributed by atoms with E-state index in [0.717, 1.165) is 22.0 Å². The highest BCUT2D eigenvalue weighted by Gasteiger charge is 2.23.